The topological polar surface area (TPSA) is 39.2 Å². The van der Waals surface area contributed by atoms with E-state index in [9.17, 15) is 4.79 Å². The molecule has 2 rings (SSSR count). The second kappa shape index (κ2) is 5.80. The maximum atomic E-state index is 11.8. The normalized spacial score (nSPS) is 16.8. The van der Waals surface area contributed by atoms with Crippen molar-refractivity contribution in [2.75, 3.05) is 6.61 Å². The van der Waals surface area contributed by atoms with E-state index in [1.165, 1.54) is 32.1 Å². The van der Waals surface area contributed by atoms with Crippen LogP contribution in [-0.4, -0.2) is 17.6 Å². The van der Waals surface area contributed by atoms with Crippen molar-refractivity contribution in [1.29, 1.82) is 0 Å². The maximum absolute atomic E-state index is 11.8. The summed E-state index contributed by atoms with van der Waals surface area (Å²) >= 11 is 0. The lowest BCUT2D eigenvalue weighted by molar-refractivity contribution is 0.0523. The quantitative estimate of drug-likeness (QED) is 0.752. The van der Waals surface area contributed by atoms with Gasteiger partial charge in [-0.05, 0) is 37.3 Å². The van der Waals surface area contributed by atoms with Gasteiger partial charge in [-0.2, -0.15) is 0 Å². The lowest BCUT2D eigenvalue weighted by atomic mass is 9.83. The Morgan fingerprint density at radius 2 is 2.18 bits per heavy atom. The predicted molar refractivity (Wildman–Crippen MR) is 66.0 cm³/mol. The first-order valence-corrected chi connectivity index (χ1v) is 6.44. The Morgan fingerprint density at radius 1 is 1.41 bits per heavy atom. The van der Waals surface area contributed by atoms with Crippen molar-refractivity contribution in [2.24, 2.45) is 0 Å². The number of carbonyl (C=O) groups excluding carboxylic acids is 1. The largest absolute Gasteiger partial charge is 0.462 e. The molecule has 1 saturated carbocycles. The fourth-order valence-electron chi connectivity index (χ4n) is 2.55. The number of rotatable bonds is 3. The third kappa shape index (κ3) is 2.84. The van der Waals surface area contributed by atoms with Gasteiger partial charge in [-0.15, -0.1) is 0 Å². The SMILES string of the molecule is CCOC(=O)c1cnccc1C1CCCCC1. The fraction of sp³-hybridized carbons (Fsp3) is 0.571. The second-order valence-electron chi connectivity index (χ2n) is 4.52. The molecule has 92 valence electrons. The molecule has 0 radical (unpaired) electrons. The summed E-state index contributed by atoms with van der Waals surface area (Å²) < 4.78 is 5.08. The fourth-order valence-corrected chi connectivity index (χ4v) is 2.55. The van der Waals surface area contributed by atoms with Gasteiger partial charge in [0.25, 0.3) is 0 Å². The second-order valence-corrected chi connectivity index (χ2v) is 4.52. The molecule has 1 aromatic rings. The van der Waals surface area contributed by atoms with E-state index in [0.717, 1.165) is 5.56 Å². The summed E-state index contributed by atoms with van der Waals surface area (Å²) in [5, 5.41) is 0. The molecule has 3 nitrogen and oxygen atoms in total. The Kier molecular flexibility index (Phi) is 4.13. The van der Waals surface area contributed by atoms with Gasteiger partial charge in [0.1, 0.15) is 0 Å². The minimum atomic E-state index is -0.235. The van der Waals surface area contributed by atoms with Crippen LogP contribution in [0, 0.1) is 0 Å². The van der Waals surface area contributed by atoms with Crippen LogP contribution in [0.25, 0.3) is 0 Å². The minimum Gasteiger partial charge on any atom is -0.462 e. The number of nitrogens with zero attached hydrogens (tertiary/aromatic N) is 1. The van der Waals surface area contributed by atoms with Crippen molar-refractivity contribution in [3.8, 4) is 0 Å². The summed E-state index contributed by atoms with van der Waals surface area (Å²) in [5.41, 5.74) is 1.78. The lowest BCUT2D eigenvalue weighted by Crippen LogP contribution is -2.13. The van der Waals surface area contributed by atoms with Crippen LogP contribution < -0.4 is 0 Å². The van der Waals surface area contributed by atoms with Gasteiger partial charge in [-0.25, -0.2) is 4.79 Å². The van der Waals surface area contributed by atoms with Crippen LogP contribution in [0.3, 0.4) is 0 Å². The van der Waals surface area contributed by atoms with Gasteiger partial charge in [0, 0.05) is 12.4 Å². The van der Waals surface area contributed by atoms with Gasteiger partial charge in [0.15, 0.2) is 0 Å². The van der Waals surface area contributed by atoms with Crippen LogP contribution in [0.5, 0.6) is 0 Å². The van der Waals surface area contributed by atoms with Crippen molar-refractivity contribution in [1.82, 2.24) is 4.98 Å². The van der Waals surface area contributed by atoms with Gasteiger partial charge < -0.3 is 4.74 Å². The highest BCUT2D eigenvalue weighted by Crippen LogP contribution is 2.34. The van der Waals surface area contributed by atoms with Gasteiger partial charge in [-0.3, -0.25) is 4.98 Å². The summed E-state index contributed by atoms with van der Waals surface area (Å²) in [6, 6.07) is 1.97. The van der Waals surface area contributed by atoms with E-state index in [-0.39, 0.29) is 5.97 Å². The Morgan fingerprint density at radius 3 is 2.88 bits per heavy atom. The van der Waals surface area contributed by atoms with E-state index in [2.05, 4.69) is 4.98 Å². The monoisotopic (exact) mass is 233 g/mol. The molecule has 1 fully saturated rings. The molecular formula is C14H19NO2. The molecule has 1 aliphatic rings. The van der Waals surface area contributed by atoms with Crippen LogP contribution in [0.15, 0.2) is 18.5 Å². The number of esters is 1. The average Bonchev–Trinajstić information content (AvgIpc) is 2.40. The molecule has 3 heteroatoms. The molecule has 0 atom stereocenters. The number of pyridine rings is 1. The van der Waals surface area contributed by atoms with Crippen molar-refractivity contribution < 1.29 is 9.53 Å². The summed E-state index contributed by atoms with van der Waals surface area (Å²) in [7, 11) is 0. The van der Waals surface area contributed by atoms with Crippen LogP contribution >= 0.6 is 0 Å². The van der Waals surface area contributed by atoms with E-state index in [1.807, 2.05) is 13.0 Å². The van der Waals surface area contributed by atoms with Gasteiger partial charge in [-0.1, -0.05) is 19.3 Å². The Hall–Kier alpha value is -1.38. The molecule has 0 amide bonds. The molecule has 0 spiro atoms. The Bertz CT molecular complexity index is 384. The Balaban J connectivity index is 2.23. The molecular weight excluding hydrogens is 214 g/mol. The summed E-state index contributed by atoms with van der Waals surface area (Å²) in [4.78, 5) is 15.9. The average molecular weight is 233 g/mol. The zero-order chi connectivity index (χ0) is 12.1. The number of carbonyl (C=O) groups is 1. The molecule has 1 aliphatic carbocycles. The first-order chi connectivity index (χ1) is 8.33. The predicted octanol–water partition coefficient (Wildman–Crippen LogP) is 3.31. The summed E-state index contributed by atoms with van der Waals surface area (Å²) in [5.74, 6) is 0.271. The van der Waals surface area contributed by atoms with Crippen LogP contribution in [-0.2, 0) is 4.74 Å². The molecule has 1 heterocycles. The van der Waals surface area contributed by atoms with Crippen molar-refractivity contribution >= 4 is 5.97 Å². The van der Waals surface area contributed by atoms with E-state index in [0.29, 0.717) is 18.1 Å². The van der Waals surface area contributed by atoms with E-state index < -0.39 is 0 Å². The number of hydrogen-bond donors (Lipinski definition) is 0. The third-order valence-electron chi connectivity index (χ3n) is 3.40. The molecule has 0 aromatic carbocycles. The third-order valence-corrected chi connectivity index (χ3v) is 3.40. The highest BCUT2D eigenvalue weighted by Gasteiger charge is 2.21. The number of ether oxygens (including phenoxy) is 1. The molecule has 17 heavy (non-hydrogen) atoms. The van der Waals surface area contributed by atoms with Crippen molar-refractivity contribution in [2.45, 2.75) is 44.9 Å². The van der Waals surface area contributed by atoms with Crippen molar-refractivity contribution in [3.05, 3.63) is 29.6 Å². The van der Waals surface area contributed by atoms with Crippen LogP contribution in [0.2, 0.25) is 0 Å². The molecule has 0 unspecified atom stereocenters. The minimum absolute atomic E-state index is 0.235. The highest BCUT2D eigenvalue weighted by atomic mass is 16.5. The summed E-state index contributed by atoms with van der Waals surface area (Å²) in [6.07, 6.45) is 9.60. The number of aromatic nitrogens is 1. The van der Waals surface area contributed by atoms with Gasteiger partial charge in [0.2, 0.25) is 0 Å². The van der Waals surface area contributed by atoms with E-state index >= 15 is 0 Å². The first-order valence-electron chi connectivity index (χ1n) is 6.44. The Labute approximate surface area is 102 Å². The number of hydrogen-bond acceptors (Lipinski definition) is 3. The molecule has 0 bridgehead atoms. The highest BCUT2D eigenvalue weighted by molar-refractivity contribution is 5.90. The van der Waals surface area contributed by atoms with Crippen LogP contribution in [0.1, 0.15) is 60.9 Å². The van der Waals surface area contributed by atoms with Crippen molar-refractivity contribution in [3.63, 3.8) is 0 Å². The summed E-state index contributed by atoms with van der Waals surface area (Å²) in [6.45, 7) is 2.24. The first kappa shape index (κ1) is 12.1. The smallest absolute Gasteiger partial charge is 0.339 e. The van der Waals surface area contributed by atoms with E-state index in [1.54, 1.807) is 12.4 Å². The zero-order valence-electron chi connectivity index (χ0n) is 10.3. The molecule has 0 N–H and O–H groups in total. The maximum Gasteiger partial charge on any atom is 0.339 e. The van der Waals surface area contributed by atoms with Gasteiger partial charge in [0.05, 0.1) is 12.2 Å². The lowest BCUT2D eigenvalue weighted by Gasteiger charge is -2.23. The molecule has 0 saturated heterocycles. The standard InChI is InChI=1S/C14H19NO2/c1-2-17-14(16)13-10-15-9-8-12(13)11-6-4-3-5-7-11/h8-11H,2-7H2,1H3. The zero-order valence-corrected chi connectivity index (χ0v) is 10.3. The van der Waals surface area contributed by atoms with Crippen LogP contribution in [0.4, 0.5) is 0 Å². The molecule has 0 aliphatic heterocycles. The van der Waals surface area contributed by atoms with Gasteiger partial charge >= 0.3 is 5.97 Å². The molecule has 1 aromatic heterocycles. The van der Waals surface area contributed by atoms with E-state index in [4.69, 9.17) is 4.74 Å².